The molecule has 0 aliphatic heterocycles. The highest BCUT2D eigenvalue weighted by atomic mass is 32.1. The van der Waals surface area contributed by atoms with E-state index in [9.17, 15) is 0 Å². The molecule has 0 saturated heterocycles. The second-order valence-corrected chi connectivity index (χ2v) is 2.17. The summed E-state index contributed by atoms with van der Waals surface area (Å²) in [6.45, 7) is 2.48. The summed E-state index contributed by atoms with van der Waals surface area (Å²) >= 11 is 4.02. The van der Waals surface area contributed by atoms with Gasteiger partial charge in [0.15, 0.2) is 0 Å². The summed E-state index contributed by atoms with van der Waals surface area (Å²) in [6.07, 6.45) is 3.20. The number of rotatable bonds is 2. The van der Waals surface area contributed by atoms with Crippen LogP contribution in [0, 0.1) is 0 Å². The third-order valence-electron chi connectivity index (χ3n) is 0.888. The van der Waals surface area contributed by atoms with E-state index in [4.69, 9.17) is 4.74 Å². The number of aromatic nitrogens is 2. The number of nitrogens with zero attached hydrogens (tertiary/aromatic N) is 2. The molecule has 10 heavy (non-hydrogen) atoms. The van der Waals surface area contributed by atoms with Gasteiger partial charge in [-0.05, 0) is 6.92 Å². The Hall–Kier alpha value is -0.770. The second-order valence-electron chi connectivity index (χ2n) is 1.66. The molecule has 0 saturated carbocycles. The van der Waals surface area contributed by atoms with Gasteiger partial charge in [0.2, 0.25) is 0 Å². The first-order valence-corrected chi connectivity index (χ1v) is 3.41. The van der Waals surface area contributed by atoms with Crippen LogP contribution >= 0.6 is 12.6 Å². The lowest BCUT2D eigenvalue weighted by Gasteiger charge is -1.97. The van der Waals surface area contributed by atoms with Crippen LogP contribution in [-0.2, 0) is 0 Å². The fraction of sp³-hybridized carbons (Fsp3) is 0.333. The molecule has 0 fully saturated rings. The quantitative estimate of drug-likeness (QED) is 0.653. The number of ether oxygens (including phenoxy) is 1. The summed E-state index contributed by atoms with van der Waals surface area (Å²) in [5.74, 6) is 0. The van der Waals surface area contributed by atoms with Crippen molar-refractivity contribution in [2.75, 3.05) is 6.61 Å². The van der Waals surface area contributed by atoms with E-state index in [-0.39, 0.29) is 0 Å². The molecule has 1 heterocycles. The molecule has 1 aromatic heterocycles. The summed E-state index contributed by atoms with van der Waals surface area (Å²) in [6, 6.07) is 0.403. The molecule has 0 atom stereocenters. The van der Waals surface area contributed by atoms with Crippen molar-refractivity contribution in [3.8, 4) is 6.01 Å². The molecule has 0 aromatic carbocycles. The Morgan fingerprint density at radius 2 is 2.10 bits per heavy atom. The average Bonchev–Trinajstić information content (AvgIpc) is 1.95. The number of thiol groups is 1. The van der Waals surface area contributed by atoms with Gasteiger partial charge in [-0.1, -0.05) is 0 Å². The molecule has 0 radical (unpaired) electrons. The first kappa shape index (κ1) is 7.34. The van der Waals surface area contributed by atoms with Crippen molar-refractivity contribution in [1.82, 2.24) is 9.97 Å². The van der Waals surface area contributed by atoms with Gasteiger partial charge in [0.05, 0.1) is 6.61 Å². The molecule has 0 bridgehead atoms. The maximum absolute atomic E-state index is 5.00. The van der Waals surface area contributed by atoms with Gasteiger partial charge in [0, 0.05) is 17.3 Å². The fourth-order valence-corrected chi connectivity index (χ4v) is 0.628. The van der Waals surface area contributed by atoms with E-state index in [0.29, 0.717) is 12.6 Å². The summed E-state index contributed by atoms with van der Waals surface area (Å²) in [5.41, 5.74) is 0. The summed E-state index contributed by atoms with van der Waals surface area (Å²) < 4.78 is 5.00. The highest BCUT2D eigenvalue weighted by molar-refractivity contribution is 7.80. The predicted octanol–water partition coefficient (Wildman–Crippen LogP) is 1.16. The van der Waals surface area contributed by atoms with Crippen molar-refractivity contribution in [2.24, 2.45) is 0 Å². The molecular weight excluding hydrogens is 148 g/mol. The maximum Gasteiger partial charge on any atom is 0.316 e. The molecule has 4 heteroatoms. The summed E-state index contributed by atoms with van der Waals surface area (Å²) in [4.78, 5) is 8.46. The van der Waals surface area contributed by atoms with Crippen LogP contribution in [0.4, 0.5) is 0 Å². The molecule has 0 spiro atoms. The lowest BCUT2D eigenvalue weighted by Crippen LogP contribution is -1.95. The van der Waals surface area contributed by atoms with Gasteiger partial charge in [-0.15, -0.1) is 12.6 Å². The predicted molar refractivity (Wildman–Crippen MR) is 40.5 cm³/mol. The minimum absolute atomic E-state index is 0.403. The van der Waals surface area contributed by atoms with E-state index in [1.807, 2.05) is 6.92 Å². The third kappa shape index (κ3) is 1.88. The Morgan fingerprint density at radius 3 is 2.60 bits per heavy atom. The van der Waals surface area contributed by atoms with Crippen molar-refractivity contribution >= 4 is 12.6 Å². The largest absolute Gasteiger partial charge is 0.464 e. The molecule has 3 nitrogen and oxygen atoms in total. The van der Waals surface area contributed by atoms with Gasteiger partial charge in [-0.3, -0.25) is 0 Å². The minimum atomic E-state index is 0.403. The molecule has 1 rings (SSSR count). The van der Waals surface area contributed by atoms with E-state index < -0.39 is 0 Å². The average molecular weight is 156 g/mol. The smallest absolute Gasteiger partial charge is 0.316 e. The maximum atomic E-state index is 5.00. The first-order valence-electron chi connectivity index (χ1n) is 2.96. The van der Waals surface area contributed by atoms with Crippen molar-refractivity contribution < 1.29 is 4.74 Å². The van der Waals surface area contributed by atoms with Crippen LogP contribution in [0.3, 0.4) is 0 Å². The van der Waals surface area contributed by atoms with Crippen LogP contribution in [0.2, 0.25) is 0 Å². The van der Waals surface area contributed by atoms with Crippen molar-refractivity contribution in [3.05, 3.63) is 12.4 Å². The molecule has 0 amide bonds. The Labute approximate surface area is 64.9 Å². The SMILES string of the molecule is CCOc1ncc(S)cn1. The molecule has 0 aliphatic carbocycles. The van der Waals surface area contributed by atoms with Crippen LogP contribution in [-0.4, -0.2) is 16.6 Å². The van der Waals surface area contributed by atoms with Crippen LogP contribution < -0.4 is 4.74 Å². The topological polar surface area (TPSA) is 35.0 Å². The lowest BCUT2D eigenvalue weighted by atomic mass is 10.7. The van der Waals surface area contributed by atoms with Gasteiger partial charge in [-0.25, -0.2) is 9.97 Å². The monoisotopic (exact) mass is 156 g/mol. The Kier molecular flexibility index (Phi) is 2.50. The van der Waals surface area contributed by atoms with Crippen molar-refractivity contribution in [1.29, 1.82) is 0 Å². The zero-order valence-corrected chi connectivity index (χ0v) is 6.51. The van der Waals surface area contributed by atoms with E-state index >= 15 is 0 Å². The number of hydrogen-bond donors (Lipinski definition) is 1. The van der Waals surface area contributed by atoms with E-state index in [2.05, 4.69) is 22.6 Å². The Balaban J connectivity index is 2.69. The normalized spacial score (nSPS) is 9.40. The molecule has 0 aliphatic rings. The minimum Gasteiger partial charge on any atom is -0.464 e. The second kappa shape index (κ2) is 3.41. The summed E-state index contributed by atoms with van der Waals surface area (Å²) in [7, 11) is 0. The molecule has 54 valence electrons. The van der Waals surface area contributed by atoms with Crippen molar-refractivity contribution in [3.63, 3.8) is 0 Å². The highest BCUT2D eigenvalue weighted by Gasteiger charge is 1.92. The van der Waals surface area contributed by atoms with Crippen LogP contribution in [0.15, 0.2) is 17.3 Å². The zero-order valence-electron chi connectivity index (χ0n) is 5.61. The van der Waals surface area contributed by atoms with Gasteiger partial charge in [0.25, 0.3) is 0 Å². The highest BCUT2D eigenvalue weighted by Crippen LogP contribution is 2.04. The van der Waals surface area contributed by atoms with E-state index in [1.54, 1.807) is 12.4 Å². The van der Waals surface area contributed by atoms with Crippen molar-refractivity contribution in [2.45, 2.75) is 11.8 Å². The van der Waals surface area contributed by atoms with Gasteiger partial charge >= 0.3 is 6.01 Å². The Morgan fingerprint density at radius 1 is 1.50 bits per heavy atom. The molecule has 0 unspecified atom stereocenters. The molecule has 0 N–H and O–H groups in total. The molecule has 1 aromatic rings. The van der Waals surface area contributed by atoms with E-state index in [1.165, 1.54) is 0 Å². The lowest BCUT2D eigenvalue weighted by molar-refractivity contribution is 0.311. The molecular formula is C6H8N2OS. The van der Waals surface area contributed by atoms with E-state index in [0.717, 1.165) is 4.90 Å². The first-order chi connectivity index (χ1) is 4.83. The fourth-order valence-electron chi connectivity index (χ4n) is 0.513. The van der Waals surface area contributed by atoms with Gasteiger partial charge < -0.3 is 4.74 Å². The standard InChI is InChI=1S/C6H8N2OS/c1-2-9-6-7-3-5(10)4-8-6/h3-4,10H,2H2,1H3. The van der Waals surface area contributed by atoms with Crippen LogP contribution in [0.1, 0.15) is 6.92 Å². The number of hydrogen-bond acceptors (Lipinski definition) is 4. The van der Waals surface area contributed by atoms with Gasteiger partial charge in [0.1, 0.15) is 0 Å². The van der Waals surface area contributed by atoms with Crippen LogP contribution in [0.25, 0.3) is 0 Å². The van der Waals surface area contributed by atoms with Crippen LogP contribution in [0.5, 0.6) is 6.01 Å². The third-order valence-corrected chi connectivity index (χ3v) is 1.12. The zero-order chi connectivity index (χ0) is 7.40. The Bertz CT molecular complexity index is 199. The summed E-state index contributed by atoms with van der Waals surface area (Å²) in [5, 5.41) is 0. The van der Waals surface area contributed by atoms with Gasteiger partial charge in [-0.2, -0.15) is 0 Å².